The Morgan fingerprint density at radius 2 is 1.83 bits per heavy atom. The summed E-state index contributed by atoms with van der Waals surface area (Å²) in [6.07, 6.45) is 0. The lowest BCUT2D eigenvalue weighted by atomic mass is 10.1. The molecule has 0 atom stereocenters. The van der Waals surface area contributed by atoms with Crippen molar-refractivity contribution in [1.82, 2.24) is 0 Å². The van der Waals surface area contributed by atoms with Crippen LogP contribution in [0.5, 0.6) is 17.2 Å². The van der Waals surface area contributed by atoms with Crippen molar-refractivity contribution >= 4 is 23.2 Å². The summed E-state index contributed by atoms with van der Waals surface area (Å²) >= 11 is 6.16. The minimum absolute atomic E-state index is 0.291. The first-order chi connectivity index (χ1) is 11.1. The monoisotopic (exact) mass is 335 g/mol. The van der Waals surface area contributed by atoms with Gasteiger partial charge in [-0.15, -0.1) is 0 Å². The van der Waals surface area contributed by atoms with E-state index in [1.807, 2.05) is 6.92 Å². The van der Waals surface area contributed by atoms with Gasteiger partial charge in [0, 0.05) is 11.3 Å². The highest BCUT2D eigenvalue weighted by Crippen LogP contribution is 2.36. The van der Waals surface area contributed by atoms with Gasteiger partial charge in [0.2, 0.25) is 0 Å². The highest BCUT2D eigenvalue weighted by Gasteiger charge is 2.15. The van der Waals surface area contributed by atoms with Crippen molar-refractivity contribution in [2.45, 2.75) is 6.92 Å². The van der Waals surface area contributed by atoms with Gasteiger partial charge in [0.1, 0.15) is 5.75 Å². The number of carbonyl (C=O) groups excluding carboxylic acids is 1. The Balaban J connectivity index is 2.24. The van der Waals surface area contributed by atoms with E-state index in [0.717, 1.165) is 0 Å². The Hall–Kier alpha value is -2.40. The van der Waals surface area contributed by atoms with Crippen LogP contribution >= 0.6 is 11.6 Å². The highest BCUT2D eigenvalue weighted by molar-refractivity contribution is 6.32. The van der Waals surface area contributed by atoms with Crippen LogP contribution in [0.15, 0.2) is 36.4 Å². The van der Waals surface area contributed by atoms with Crippen molar-refractivity contribution in [2.24, 2.45) is 0 Å². The predicted molar refractivity (Wildman–Crippen MR) is 90.1 cm³/mol. The molecule has 0 unspecified atom stereocenters. The SMILES string of the molecule is CCOc1cc(C(=O)Nc2ccc(OC)cc2)cc(Cl)c1OC. The second-order valence-electron chi connectivity index (χ2n) is 4.61. The van der Waals surface area contributed by atoms with E-state index in [2.05, 4.69) is 5.32 Å². The second-order valence-corrected chi connectivity index (χ2v) is 5.01. The fraction of sp³-hybridized carbons (Fsp3) is 0.235. The fourth-order valence-electron chi connectivity index (χ4n) is 2.04. The van der Waals surface area contributed by atoms with Crippen molar-refractivity contribution in [3.63, 3.8) is 0 Å². The molecule has 0 aliphatic rings. The highest BCUT2D eigenvalue weighted by atomic mass is 35.5. The Labute approximate surface area is 140 Å². The first-order valence-corrected chi connectivity index (χ1v) is 7.42. The van der Waals surface area contributed by atoms with E-state index < -0.39 is 0 Å². The minimum Gasteiger partial charge on any atom is -0.497 e. The van der Waals surface area contributed by atoms with Crippen LogP contribution in [-0.2, 0) is 0 Å². The molecule has 0 fully saturated rings. The third kappa shape index (κ3) is 4.07. The molecule has 0 aromatic heterocycles. The van der Waals surface area contributed by atoms with Gasteiger partial charge < -0.3 is 19.5 Å². The van der Waals surface area contributed by atoms with Crippen molar-refractivity contribution in [3.8, 4) is 17.2 Å². The molecule has 0 radical (unpaired) electrons. The van der Waals surface area contributed by atoms with Gasteiger partial charge in [0.15, 0.2) is 11.5 Å². The lowest BCUT2D eigenvalue weighted by Gasteiger charge is -2.13. The Kier molecular flexibility index (Phi) is 5.71. The summed E-state index contributed by atoms with van der Waals surface area (Å²) in [5, 5.41) is 3.11. The van der Waals surface area contributed by atoms with Gasteiger partial charge in [-0.2, -0.15) is 0 Å². The first-order valence-electron chi connectivity index (χ1n) is 7.04. The number of anilines is 1. The van der Waals surface area contributed by atoms with Crippen LogP contribution in [0.3, 0.4) is 0 Å². The topological polar surface area (TPSA) is 56.8 Å². The zero-order valence-electron chi connectivity index (χ0n) is 13.2. The van der Waals surface area contributed by atoms with Crippen LogP contribution in [0.25, 0.3) is 0 Å². The smallest absolute Gasteiger partial charge is 0.255 e. The van der Waals surface area contributed by atoms with Crippen LogP contribution in [0.4, 0.5) is 5.69 Å². The van der Waals surface area contributed by atoms with Crippen molar-refractivity contribution < 1.29 is 19.0 Å². The zero-order chi connectivity index (χ0) is 16.8. The number of hydrogen-bond donors (Lipinski definition) is 1. The maximum Gasteiger partial charge on any atom is 0.255 e. The van der Waals surface area contributed by atoms with Gasteiger partial charge >= 0.3 is 0 Å². The van der Waals surface area contributed by atoms with E-state index in [1.165, 1.54) is 7.11 Å². The van der Waals surface area contributed by atoms with Crippen LogP contribution in [0.1, 0.15) is 17.3 Å². The molecule has 1 amide bonds. The zero-order valence-corrected chi connectivity index (χ0v) is 13.9. The van der Waals surface area contributed by atoms with Gasteiger partial charge in [0.05, 0.1) is 25.8 Å². The summed E-state index contributed by atoms with van der Waals surface area (Å²) in [4.78, 5) is 12.4. The normalized spacial score (nSPS) is 10.1. The predicted octanol–water partition coefficient (Wildman–Crippen LogP) is 4.01. The first kappa shape index (κ1) is 17.0. The van der Waals surface area contributed by atoms with Crippen molar-refractivity contribution in [3.05, 3.63) is 47.0 Å². The second kappa shape index (κ2) is 7.74. The number of carbonyl (C=O) groups is 1. The van der Waals surface area contributed by atoms with Gasteiger partial charge in [-0.25, -0.2) is 0 Å². The average Bonchev–Trinajstić information content (AvgIpc) is 2.55. The van der Waals surface area contributed by atoms with E-state index in [1.54, 1.807) is 43.5 Å². The molecule has 0 aliphatic heterocycles. The summed E-state index contributed by atoms with van der Waals surface area (Å²) in [5.41, 5.74) is 1.04. The van der Waals surface area contributed by atoms with E-state index in [4.69, 9.17) is 25.8 Å². The van der Waals surface area contributed by atoms with Gasteiger partial charge in [-0.3, -0.25) is 4.79 Å². The number of amides is 1. The molecular weight excluding hydrogens is 318 g/mol. The molecule has 23 heavy (non-hydrogen) atoms. The molecule has 122 valence electrons. The molecule has 6 heteroatoms. The maximum atomic E-state index is 12.4. The molecule has 0 spiro atoms. The van der Waals surface area contributed by atoms with E-state index >= 15 is 0 Å². The third-order valence-electron chi connectivity index (χ3n) is 3.12. The largest absolute Gasteiger partial charge is 0.497 e. The Morgan fingerprint density at radius 1 is 1.13 bits per heavy atom. The number of hydrogen-bond acceptors (Lipinski definition) is 4. The molecule has 2 rings (SSSR count). The summed E-state index contributed by atoms with van der Waals surface area (Å²) in [5.74, 6) is 1.27. The molecule has 2 aromatic carbocycles. The molecule has 2 aromatic rings. The number of methoxy groups -OCH3 is 2. The lowest BCUT2D eigenvalue weighted by Crippen LogP contribution is -2.12. The maximum absolute atomic E-state index is 12.4. The fourth-order valence-corrected chi connectivity index (χ4v) is 2.33. The summed E-state index contributed by atoms with van der Waals surface area (Å²) in [7, 11) is 3.09. The molecular formula is C17H18ClNO4. The van der Waals surface area contributed by atoms with Crippen LogP contribution in [0.2, 0.25) is 5.02 Å². The summed E-state index contributed by atoms with van der Waals surface area (Å²) in [6, 6.07) is 10.2. The molecule has 0 aliphatic carbocycles. The molecule has 0 heterocycles. The number of nitrogens with one attached hydrogen (secondary N) is 1. The van der Waals surface area contributed by atoms with Gasteiger partial charge in [-0.1, -0.05) is 11.6 Å². The van der Waals surface area contributed by atoms with E-state index in [0.29, 0.717) is 40.1 Å². The van der Waals surface area contributed by atoms with E-state index in [9.17, 15) is 4.79 Å². The van der Waals surface area contributed by atoms with Crippen LogP contribution < -0.4 is 19.5 Å². The van der Waals surface area contributed by atoms with Crippen molar-refractivity contribution in [1.29, 1.82) is 0 Å². The van der Waals surface area contributed by atoms with Crippen LogP contribution in [0, 0.1) is 0 Å². The Morgan fingerprint density at radius 3 is 2.39 bits per heavy atom. The summed E-state index contributed by atoms with van der Waals surface area (Å²) in [6.45, 7) is 2.29. The molecule has 0 saturated carbocycles. The third-order valence-corrected chi connectivity index (χ3v) is 3.40. The quantitative estimate of drug-likeness (QED) is 0.866. The molecule has 5 nitrogen and oxygen atoms in total. The van der Waals surface area contributed by atoms with E-state index in [-0.39, 0.29) is 5.91 Å². The van der Waals surface area contributed by atoms with Gasteiger partial charge in [-0.05, 0) is 43.3 Å². The number of benzene rings is 2. The van der Waals surface area contributed by atoms with Gasteiger partial charge in [0.25, 0.3) is 5.91 Å². The van der Waals surface area contributed by atoms with Crippen molar-refractivity contribution in [2.75, 3.05) is 26.1 Å². The number of rotatable bonds is 6. The molecule has 0 bridgehead atoms. The average molecular weight is 336 g/mol. The Bertz CT molecular complexity index is 686. The summed E-state index contributed by atoms with van der Waals surface area (Å²) < 4.78 is 15.8. The standard InChI is InChI=1S/C17H18ClNO4/c1-4-23-15-10-11(9-14(18)16(15)22-3)17(20)19-12-5-7-13(21-2)8-6-12/h5-10H,4H2,1-3H3,(H,19,20). The number of halogens is 1. The lowest BCUT2D eigenvalue weighted by molar-refractivity contribution is 0.102. The molecule has 0 saturated heterocycles. The van der Waals surface area contributed by atoms with Crippen LogP contribution in [-0.4, -0.2) is 26.7 Å². The minimum atomic E-state index is -0.291. The molecule has 1 N–H and O–H groups in total. The number of ether oxygens (including phenoxy) is 3.